The van der Waals surface area contributed by atoms with Gasteiger partial charge in [0, 0.05) is 5.02 Å². The van der Waals surface area contributed by atoms with Crippen LogP contribution >= 0.6 is 23.2 Å². The average molecular weight is 433 g/mol. The van der Waals surface area contributed by atoms with Crippen LogP contribution in [0.4, 0.5) is 10.1 Å². The number of nitrogens with one attached hydrogen (secondary N) is 1. The van der Waals surface area contributed by atoms with Gasteiger partial charge >= 0.3 is 0 Å². The van der Waals surface area contributed by atoms with Gasteiger partial charge < -0.3 is 5.32 Å². The summed E-state index contributed by atoms with van der Waals surface area (Å²) in [4.78, 5) is 12.7. The molecule has 0 spiro atoms. The van der Waals surface area contributed by atoms with Crippen LogP contribution in [0.15, 0.2) is 42.5 Å². The summed E-state index contributed by atoms with van der Waals surface area (Å²) in [5, 5.41) is 3.16. The topological polar surface area (TPSA) is 66.5 Å². The van der Waals surface area contributed by atoms with Gasteiger partial charge in [0.15, 0.2) is 0 Å². The number of hydrogen-bond acceptors (Lipinski definition) is 3. The van der Waals surface area contributed by atoms with E-state index in [-0.39, 0.29) is 21.5 Å². The first-order valence-corrected chi connectivity index (χ1v) is 10.6. The van der Waals surface area contributed by atoms with E-state index in [0.29, 0.717) is 5.56 Å². The molecule has 27 heavy (non-hydrogen) atoms. The van der Waals surface area contributed by atoms with Crippen LogP contribution in [0.3, 0.4) is 0 Å². The fraction of sp³-hybridized carbons (Fsp3) is 0.278. The zero-order chi connectivity index (χ0) is 20.4. The molecule has 0 heterocycles. The Hall–Kier alpha value is -1.83. The predicted molar refractivity (Wildman–Crippen MR) is 106 cm³/mol. The van der Waals surface area contributed by atoms with Gasteiger partial charge in [0.25, 0.3) is 0 Å². The first-order valence-electron chi connectivity index (χ1n) is 8.01. The zero-order valence-electron chi connectivity index (χ0n) is 14.9. The second-order valence-corrected chi connectivity index (χ2v) is 8.82. The molecule has 0 fully saturated rings. The number of nitrogens with zero attached hydrogens (tertiary/aromatic N) is 1. The number of rotatable bonds is 6. The summed E-state index contributed by atoms with van der Waals surface area (Å²) in [7, 11) is -3.83. The van der Waals surface area contributed by atoms with Gasteiger partial charge in [-0.15, -0.1) is 0 Å². The zero-order valence-corrected chi connectivity index (χ0v) is 17.2. The maximum Gasteiger partial charge on any atom is 0.244 e. The largest absolute Gasteiger partial charge is 0.348 e. The standard InChI is InChI=1S/C18H19Cl2FN2O3S/c1-11(13-4-7-15(21)8-5-13)22-18(24)12(2)23(27(3,25)26)17-10-14(19)6-9-16(17)20/h4-12H,1-3H3,(H,22,24). The van der Waals surface area contributed by atoms with Crippen molar-refractivity contribution in [3.63, 3.8) is 0 Å². The van der Waals surface area contributed by atoms with Gasteiger partial charge in [-0.05, 0) is 49.7 Å². The molecule has 1 N–H and O–H groups in total. The van der Waals surface area contributed by atoms with E-state index < -0.39 is 28.0 Å². The van der Waals surface area contributed by atoms with Gasteiger partial charge in [-0.1, -0.05) is 35.3 Å². The molecule has 1 amide bonds. The Morgan fingerprint density at radius 2 is 1.70 bits per heavy atom. The van der Waals surface area contributed by atoms with Gasteiger partial charge in [0.2, 0.25) is 15.9 Å². The van der Waals surface area contributed by atoms with Gasteiger partial charge in [-0.3, -0.25) is 9.10 Å². The average Bonchev–Trinajstić information content (AvgIpc) is 2.57. The number of hydrogen-bond donors (Lipinski definition) is 1. The van der Waals surface area contributed by atoms with Crippen molar-refractivity contribution in [2.75, 3.05) is 10.6 Å². The summed E-state index contributed by atoms with van der Waals surface area (Å²) in [6.45, 7) is 3.17. The summed E-state index contributed by atoms with van der Waals surface area (Å²) in [5.41, 5.74) is 0.799. The highest BCUT2D eigenvalue weighted by Gasteiger charge is 2.31. The summed E-state index contributed by atoms with van der Waals surface area (Å²) in [5.74, 6) is -0.919. The fourth-order valence-electron chi connectivity index (χ4n) is 2.60. The lowest BCUT2D eigenvalue weighted by atomic mass is 10.1. The van der Waals surface area contributed by atoms with Crippen LogP contribution in [0.25, 0.3) is 0 Å². The normalized spacial score (nSPS) is 13.7. The number of carbonyl (C=O) groups excluding carboxylic acids is 1. The molecule has 0 aliphatic carbocycles. The Labute approximate surface area is 168 Å². The molecule has 0 aromatic heterocycles. The predicted octanol–water partition coefficient (Wildman–Crippen LogP) is 4.16. The van der Waals surface area contributed by atoms with Crippen LogP contribution in [0.5, 0.6) is 0 Å². The summed E-state index contributed by atoms with van der Waals surface area (Å²) in [6.07, 6.45) is 0.984. The molecule has 146 valence electrons. The lowest BCUT2D eigenvalue weighted by Gasteiger charge is -2.30. The quantitative estimate of drug-likeness (QED) is 0.744. The van der Waals surface area contributed by atoms with Crippen LogP contribution in [0.2, 0.25) is 10.0 Å². The molecule has 2 aromatic rings. The molecule has 5 nitrogen and oxygen atoms in total. The molecule has 2 atom stereocenters. The minimum Gasteiger partial charge on any atom is -0.348 e. The minimum atomic E-state index is -3.83. The number of sulfonamides is 1. The lowest BCUT2D eigenvalue weighted by Crippen LogP contribution is -2.48. The van der Waals surface area contributed by atoms with Crippen molar-refractivity contribution in [3.8, 4) is 0 Å². The molecular weight excluding hydrogens is 414 g/mol. The van der Waals surface area contributed by atoms with Crippen molar-refractivity contribution in [1.29, 1.82) is 0 Å². The monoisotopic (exact) mass is 432 g/mol. The van der Waals surface area contributed by atoms with Crippen LogP contribution in [0, 0.1) is 5.82 Å². The Bertz CT molecular complexity index is 936. The van der Waals surface area contributed by atoms with E-state index in [0.717, 1.165) is 10.6 Å². The van der Waals surface area contributed by atoms with Crippen molar-refractivity contribution in [2.24, 2.45) is 0 Å². The van der Waals surface area contributed by atoms with E-state index in [9.17, 15) is 17.6 Å². The van der Waals surface area contributed by atoms with Crippen molar-refractivity contribution in [3.05, 3.63) is 63.9 Å². The molecule has 0 bridgehead atoms. The maximum absolute atomic E-state index is 13.1. The first-order chi connectivity index (χ1) is 12.5. The molecule has 0 radical (unpaired) electrons. The van der Waals surface area contributed by atoms with Crippen LogP contribution < -0.4 is 9.62 Å². The summed E-state index contributed by atoms with van der Waals surface area (Å²) >= 11 is 12.1. The van der Waals surface area contributed by atoms with Crippen molar-refractivity contribution in [1.82, 2.24) is 5.32 Å². The maximum atomic E-state index is 13.1. The molecule has 2 unspecified atom stereocenters. The number of halogens is 3. The van der Waals surface area contributed by atoms with E-state index >= 15 is 0 Å². The number of amides is 1. The molecule has 0 aliphatic heterocycles. The van der Waals surface area contributed by atoms with Crippen molar-refractivity contribution in [2.45, 2.75) is 25.9 Å². The number of benzene rings is 2. The third kappa shape index (κ3) is 5.34. The Balaban J connectivity index is 2.30. The molecule has 2 aromatic carbocycles. The van der Waals surface area contributed by atoms with Gasteiger partial charge in [0.1, 0.15) is 11.9 Å². The molecular formula is C18H19Cl2FN2O3S. The highest BCUT2D eigenvalue weighted by atomic mass is 35.5. The smallest absolute Gasteiger partial charge is 0.244 e. The van der Waals surface area contributed by atoms with Crippen LogP contribution in [-0.2, 0) is 14.8 Å². The van der Waals surface area contributed by atoms with Gasteiger partial charge in [-0.25, -0.2) is 12.8 Å². The minimum absolute atomic E-state index is 0.115. The second kappa shape index (κ2) is 8.46. The Morgan fingerprint density at radius 3 is 2.26 bits per heavy atom. The van der Waals surface area contributed by atoms with E-state index in [1.807, 2.05) is 0 Å². The van der Waals surface area contributed by atoms with E-state index in [2.05, 4.69) is 5.32 Å². The van der Waals surface area contributed by atoms with Crippen molar-refractivity contribution >= 4 is 44.8 Å². The summed E-state index contributed by atoms with van der Waals surface area (Å²) in [6, 6.07) is 8.51. The Morgan fingerprint density at radius 1 is 1.11 bits per heavy atom. The third-order valence-electron chi connectivity index (χ3n) is 3.96. The highest BCUT2D eigenvalue weighted by Crippen LogP contribution is 2.32. The third-order valence-corrected chi connectivity index (χ3v) is 5.75. The van der Waals surface area contributed by atoms with E-state index in [1.165, 1.54) is 37.3 Å². The van der Waals surface area contributed by atoms with E-state index in [4.69, 9.17) is 23.2 Å². The second-order valence-electron chi connectivity index (χ2n) is 6.11. The van der Waals surface area contributed by atoms with Crippen molar-refractivity contribution < 1.29 is 17.6 Å². The number of carbonyl (C=O) groups is 1. The van der Waals surface area contributed by atoms with Crippen LogP contribution in [-0.4, -0.2) is 26.6 Å². The number of anilines is 1. The summed E-state index contributed by atoms with van der Waals surface area (Å²) < 4.78 is 38.7. The van der Waals surface area contributed by atoms with E-state index in [1.54, 1.807) is 19.1 Å². The molecule has 9 heteroatoms. The van der Waals surface area contributed by atoms with Crippen LogP contribution in [0.1, 0.15) is 25.5 Å². The fourth-order valence-corrected chi connectivity index (χ4v) is 4.21. The molecule has 0 aliphatic rings. The van der Waals surface area contributed by atoms with Gasteiger partial charge in [-0.2, -0.15) is 0 Å². The molecule has 0 saturated heterocycles. The SMILES string of the molecule is CC(NC(=O)C(C)N(c1cc(Cl)ccc1Cl)S(C)(=O)=O)c1ccc(F)cc1. The highest BCUT2D eigenvalue weighted by molar-refractivity contribution is 7.92. The van der Waals surface area contributed by atoms with Gasteiger partial charge in [0.05, 0.1) is 23.0 Å². The Kier molecular flexibility index (Phi) is 6.72. The molecule has 2 rings (SSSR count). The first kappa shape index (κ1) is 21.5. The molecule has 0 saturated carbocycles. The lowest BCUT2D eigenvalue weighted by molar-refractivity contribution is -0.122.